The van der Waals surface area contributed by atoms with Gasteiger partial charge >= 0.3 is 0 Å². The van der Waals surface area contributed by atoms with Crippen molar-refractivity contribution in [1.29, 1.82) is 0 Å². The van der Waals surface area contributed by atoms with E-state index < -0.39 is 11.4 Å². The van der Waals surface area contributed by atoms with Crippen LogP contribution in [0, 0.1) is 5.82 Å². The first-order chi connectivity index (χ1) is 7.58. The third kappa shape index (κ3) is 1.63. The first kappa shape index (κ1) is 11.2. The molecule has 4 heteroatoms. The molecule has 0 aliphatic heterocycles. The fourth-order valence-corrected chi connectivity index (χ4v) is 2.38. The van der Waals surface area contributed by atoms with Crippen LogP contribution in [0.2, 0.25) is 0 Å². The maximum atomic E-state index is 13.7. The Morgan fingerprint density at radius 2 is 2.00 bits per heavy atom. The molecule has 1 aromatic carbocycles. The maximum absolute atomic E-state index is 13.7. The molecule has 0 saturated heterocycles. The molecule has 0 spiro atoms. The molecule has 2 rings (SSSR count). The average molecular weight is 225 g/mol. The molecule has 0 aromatic heterocycles. The molecular formula is C12H16FNO2. The summed E-state index contributed by atoms with van der Waals surface area (Å²) in [5.41, 5.74) is 6.08. The van der Waals surface area contributed by atoms with Gasteiger partial charge in [-0.1, -0.05) is 12.8 Å². The largest absolute Gasteiger partial charge is 0.504 e. The Morgan fingerprint density at radius 1 is 1.38 bits per heavy atom. The van der Waals surface area contributed by atoms with E-state index in [0.29, 0.717) is 5.56 Å². The van der Waals surface area contributed by atoms with E-state index in [4.69, 9.17) is 10.5 Å². The van der Waals surface area contributed by atoms with Crippen molar-refractivity contribution in [2.24, 2.45) is 5.73 Å². The number of hydrogen-bond acceptors (Lipinski definition) is 3. The van der Waals surface area contributed by atoms with E-state index >= 15 is 0 Å². The van der Waals surface area contributed by atoms with Crippen molar-refractivity contribution in [2.75, 3.05) is 7.11 Å². The standard InChI is InChI=1S/C12H16FNO2/c1-16-9-5-4-8(11(15)10(9)13)12(14)6-2-3-7-12/h4-5,15H,2-3,6-7,14H2,1H3. The van der Waals surface area contributed by atoms with Crippen LogP contribution in [0.25, 0.3) is 0 Å². The molecule has 0 unspecified atom stereocenters. The Bertz CT molecular complexity index is 400. The minimum absolute atomic E-state index is 0.0443. The van der Waals surface area contributed by atoms with E-state index in [0.717, 1.165) is 25.7 Å². The van der Waals surface area contributed by atoms with Gasteiger partial charge in [-0.25, -0.2) is 0 Å². The topological polar surface area (TPSA) is 55.5 Å². The summed E-state index contributed by atoms with van der Waals surface area (Å²) in [4.78, 5) is 0. The van der Waals surface area contributed by atoms with Crippen molar-refractivity contribution >= 4 is 0 Å². The van der Waals surface area contributed by atoms with Gasteiger partial charge < -0.3 is 15.6 Å². The molecule has 3 nitrogen and oxygen atoms in total. The van der Waals surface area contributed by atoms with Gasteiger partial charge in [0.25, 0.3) is 0 Å². The first-order valence-electron chi connectivity index (χ1n) is 5.43. The predicted molar refractivity (Wildman–Crippen MR) is 59.0 cm³/mol. The van der Waals surface area contributed by atoms with Crippen molar-refractivity contribution in [1.82, 2.24) is 0 Å². The third-order valence-electron chi connectivity index (χ3n) is 3.33. The van der Waals surface area contributed by atoms with Crippen LogP contribution >= 0.6 is 0 Å². The minimum atomic E-state index is -0.725. The second-order valence-corrected chi connectivity index (χ2v) is 4.34. The number of methoxy groups -OCH3 is 1. The maximum Gasteiger partial charge on any atom is 0.206 e. The zero-order chi connectivity index (χ0) is 11.8. The molecule has 16 heavy (non-hydrogen) atoms. The number of rotatable bonds is 2. The quantitative estimate of drug-likeness (QED) is 0.811. The highest BCUT2D eigenvalue weighted by molar-refractivity contribution is 5.45. The highest BCUT2D eigenvalue weighted by atomic mass is 19.1. The number of aromatic hydroxyl groups is 1. The van der Waals surface area contributed by atoms with Crippen molar-refractivity contribution in [3.8, 4) is 11.5 Å². The Hall–Kier alpha value is -1.29. The molecule has 0 heterocycles. The summed E-state index contributed by atoms with van der Waals surface area (Å²) in [5.74, 6) is -1.05. The molecule has 0 amide bonds. The molecule has 1 aliphatic rings. The van der Waals surface area contributed by atoms with Gasteiger partial charge in [0.05, 0.1) is 7.11 Å². The number of hydrogen-bond donors (Lipinski definition) is 2. The van der Waals surface area contributed by atoms with E-state index in [1.54, 1.807) is 6.07 Å². The van der Waals surface area contributed by atoms with Gasteiger partial charge in [-0.2, -0.15) is 4.39 Å². The van der Waals surface area contributed by atoms with Crippen LogP contribution in [-0.4, -0.2) is 12.2 Å². The lowest BCUT2D eigenvalue weighted by Crippen LogP contribution is -2.33. The van der Waals surface area contributed by atoms with Crippen LogP contribution in [0.15, 0.2) is 12.1 Å². The van der Waals surface area contributed by atoms with Crippen molar-refractivity contribution in [3.63, 3.8) is 0 Å². The van der Waals surface area contributed by atoms with Crippen molar-refractivity contribution in [2.45, 2.75) is 31.2 Å². The SMILES string of the molecule is COc1ccc(C2(N)CCCC2)c(O)c1F. The zero-order valence-electron chi connectivity index (χ0n) is 9.29. The van der Waals surface area contributed by atoms with Gasteiger partial charge in [0.1, 0.15) is 0 Å². The van der Waals surface area contributed by atoms with E-state index in [1.165, 1.54) is 13.2 Å². The average Bonchev–Trinajstić information content (AvgIpc) is 2.70. The Labute approximate surface area is 94.0 Å². The number of nitrogens with two attached hydrogens (primary N) is 1. The summed E-state index contributed by atoms with van der Waals surface area (Å²) in [5, 5.41) is 9.80. The smallest absolute Gasteiger partial charge is 0.206 e. The van der Waals surface area contributed by atoms with Crippen LogP contribution in [0.3, 0.4) is 0 Å². The van der Waals surface area contributed by atoms with E-state index in [1.807, 2.05) is 0 Å². The lowest BCUT2D eigenvalue weighted by Gasteiger charge is -2.25. The van der Waals surface area contributed by atoms with Crippen LogP contribution in [0.4, 0.5) is 4.39 Å². The molecule has 3 N–H and O–H groups in total. The normalized spacial score (nSPS) is 18.7. The molecular weight excluding hydrogens is 209 g/mol. The van der Waals surface area contributed by atoms with Crippen LogP contribution < -0.4 is 10.5 Å². The summed E-state index contributed by atoms with van der Waals surface area (Å²) < 4.78 is 18.5. The monoisotopic (exact) mass is 225 g/mol. The molecule has 1 aromatic rings. The number of phenolic OH excluding ortho intramolecular Hbond substituents is 1. The van der Waals surface area contributed by atoms with Crippen molar-refractivity contribution < 1.29 is 14.2 Å². The Kier molecular flexibility index (Phi) is 2.76. The van der Waals surface area contributed by atoms with Crippen LogP contribution in [-0.2, 0) is 5.54 Å². The van der Waals surface area contributed by atoms with E-state index in [2.05, 4.69) is 0 Å². The fourth-order valence-electron chi connectivity index (χ4n) is 2.38. The lowest BCUT2D eigenvalue weighted by molar-refractivity contribution is 0.349. The number of halogens is 1. The van der Waals surface area contributed by atoms with Crippen molar-refractivity contribution in [3.05, 3.63) is 23.5 Å². The van der Waals surface area contributed by atoms with Gasteiger partial charge in [-0.15, -0.1) is 0 Å². The highest BCUT2D eigenvalue weighted by Crippen LogP contribution is 2.42. The number of phenols is 1. The highest BCUT2D eigenvalue weighted by Gasteiger charge is 2.34. The lowest BCUT2D eigenvalue weighted by atomic mass is 9.88. The molecule has 1 aliphatic carbocycles. The van der Waals surface area contributed by atoms with Gasteiger partial charge in [-0.3, -0.25) is 0 Å². The molecule has 0 atom stereocenters. The second-order valence-electron chi connectivity index (χ2n) is 4.34. The molecule has 0 bridgehead atoms. The Balaban J connectivity index is 2.46. The van der Waals surface area contributed by atoms with E-state index in [-0.39, 0.29) is 11.5 Å². The Morgan fingerprint density at radius 3 is 2.56 bits per heavy atom. The fraction of sp³-hybridized carbons (Fsp3) is 0.500. The summed E-state index contributed by atoms with van der Waals surface area (Å²) in [7, 11) is 1.37. The predicted octanol–water partition coefficient (Wildman–Crippen LogP) is 2.27. The molecule has 1 fully saturated rings. The summed E-state index contributed by atoms with van der Waals surface area (Å²) in [6.45, 7) is 0. The van der Waals surface area contributed by atoms with Gasteiger partial charge in [-0.05, 0) is 25.0 Å². The van der Waals surface area contributed by atoms with Gasteiger partial charge in [0.15, 0.2) is 11.5 Å². The summed E-state index contributed by atoms with van der Waals surface area (Å²) in [6, 6.07) is 3.17. The second kappa shape index (κ2) is 3.94. The van der Waals surface area contributed by atoms with E-state index in [9.17, 15) is 9.50 Å². The van der Waals surface area contributed by atoms with Crippen LogP contribution in [0.5, 0.6) is 11.5 Å². The summed E-state index contributed by atoms with van der Waals surface area (Å²) >= 11 is 0. The van der Waals surface area contributed by atoms with Gasteiger partial charge in [0, 0.05) is 11.1 Å². The molecule has 1 saturated carbocycles. The van der Waals surface area contributed by atoms with Crippen LogP contribution in [0.1, 0.15) is 31.2 Å². The number of ether oxygens (including phenoxy) is 1. The zero-order valence-corrected chi connectivity index (χ0v) is 9.29. The summed E-state index contributed by atoms with van der Waals surface area (Å²) in [6.07, 6.45) is 3.60. The minimum Gasteiger partial charge on any atom is -0.504 e. The van der Waals surface area contributed by atoms with Gasteiger partial charge in [0.2, 0.25) is 5.82 Å². The first-order valence-corrected chi connectivity index (χ1v) is 5.43. The molecule has 0 radical (unpaired) electrons. The third-order valence-corrected chi connectivity index (χ3v) is 3.33. The number of benzene rings is 1. The molecule has 88 valence electrons.